The molecule has 86 valence electrons. The van der Waals surface area contributed by atoms with E-state index in [0.717, 1.165) is 5.56 Å². The summed E-state index contributed by atoms with van der Waals surface area (Å²) in [6, 6.07) is 10.9. The van der Waals surface area contributed by atoms with Gasteiger partial charge in [-0.3, -0.25) is 10.1 Å². The molecule has 0 radical (unpaired) electrons. The summed E-state index contributed by atoms with van der Waals surface area (Å²) in [4.78, 5) is 9.86. The Morgan fingerprint density at radius 2 is 1.82 bits per heavy atom. The van der Waals surface area contributed by atoms with E-state index in [9.17, 15) is 10.1 Å². The Balaban J connectivity index is 2.14. The smallest absolute Gasteiger partial charge is 0.401 e. The molecule has 1 aromatic heterocycles. The average molecular weight is 229 g/mol. The van der Waals surface area contributed by atoms with Crippen molar-refractivity contribution in [2.24, 2.45) is 0 Å². The van der Waals surface area contributed by atoms with E-state index in [2.05, 4.69) is 0 Å². The molecule has 0 spiro atoms. The van der Waals surface area contributed by atoms with Gasteiger partial charge in [0.05, 0.1) is 6.07 Å². The molecule has 0 fully saturated rings. The van der Waals surface area contributed by atoms with Crippen LogP contribution in [0, 0.1) is 17.0 Å². The highest BCUT2D eigenvalue weighted by molar-refractivity contribution is 5.67. The fourth-order valence-electron chi connectivity index (χ4n) is 1.39. The second kappa shape index (κ2) is 4.65. The summed E-state index contributed by atoms with van der Waals surface area (Å²) in [7, 11) is 0. The van der Waals surface area contributed by atoms with E-state index in [1.54, 1.807) is 12.1 Å². The van der Waals surface area contributed by atoms with Gasteiger partial charge in [0.15, 0.2) is 0 Å². The predicted molar refractivity (Wildman–Crippen MR) is 65.5 cm³/mol. The number of benzene rings is 1. The lowest BCUT2D eigenvalue weighted by molar-refractivity contribution is -0.402. The third kappa shape index (κ3) is 2.81. The van der Waals surface area contributed by atoms with E-state index < -0.39 is 4.92 Å². The molecule has 4 heteroatoms. The molecule has 4 nitrogen and oxygen atoms in total. The zero-order valence-electron chi connectivity index (χ0n) is 9.29. The van der Waals surface area contributed by atoms with E-state index in [0.29, 0.717) is 5.76 Å². The maximum absolute atomic E-state index is 10.4. The molecule has 2 rings (SSSR count). The van der Waals surface area contributed by atoms with E-state index >= 15 is 0 Å². The van der Waals surface area contributed by atoms with Gasteiger partial charge >= 0.3 is 5.88 Å². The van der Waals surface area contributed by atoms with Crippen LogP contribution in [-0.2, 0) is 0 Å². The minimum atomic E-state index is -0.552. The SMILES string of the molecule is Cc1ccc(/C=C/c2ccc([N+](=O)[O-])o2)cc1. The molecule has 1 heterocycles. The third-order valence-corrected chi connectivity index (χ3v) is 2.31. The van der Waals surface area contributed by atoms with Crippen molar-refractivity contribution in [3.8, 4) is 0 Å². The van der Waals surface area contributed by atoms with Gasteiger partial charge in [0.1, 0.15) is 10.7 Å². The summed E-state index contributed by atoms with van der Waals surface area (Å²) in [5, 5.41) is 10.4. The minimum Gasteiger partial charge on any atom is -0.401 e. The van der Waals surface area contributed by atoms with Crippen LogP contribution in [-0.4, -0.2) is 4.92 Å². The first-order valence-corrected chi connectivity index (χ1v) is 5.14. The van der Waals surface area contributed by atoms with Crippen molar-refractivity contribution in [1.82, 2.24) is 0 Å². The third-order valence-electron chi connectivity index (χ3n) is 2.31. The van der Waals surface area contributed by atoms with E-state index in [1.165, 1.54) is 11.6 Å². The lowest BCUT2D eigenvalue weighted by Gasteiger charge is -1.93. The highest BCUT2D eigenvalue weighted by Crippen LogP contribution is 2.17. The van der Waals surface area contributed by atoms with Crippen LogP contribution in [0.25, 0.3) is 12.2 Å². The molecular weight excluding hydrogens is 218 g/mol. The summed E-state index contributed by atoms with van der Waals surface area (Å²) in [6.45, 7) is 2.02. The average Bonchev–Trinajstić information content (AvgIpc) is 2.77. The largest absolute Gasteiger partial charge is 0.433 e. The topological polar surface area (TPSA) is 56.3 Å². The van der Waals surface area contributed by atoms with Crippen LogP contribution in [0.3, 0.4) is 0 Å². The molecule has 0 N–H and O–H groups in total. The van der Waals surface area contributed by atoms with Gasteiger partial charge in [-0.25, -0.2) is 0 Å². The van der Waals surface area contributed by atoms with Crippen LogP contribution in [0.1, 0.15) is 16.9 Å². The van der Waals surface area contributed by atoms with Crippen molar-refractivity contribution >= 4 is 18.0 Å². The van der Waals surface area contributed by atoms with Crippen LogP contribution in [0.2, 0.25) is 0 Å². The van der Waals surface area contributed by atoms with Crippen LogP contribution < -0.4 is 0 Å². The molecule has 0 aliphatic heterocycles. The molecular formula is C13H11NO3. The lowest BCUT2D eigenvalue weighted by atomic mass is 10.1. The van der Waals surface area contributed by atoms with Crippen molar-refractivity contribution in [3.05, 3.63) is 63.4 Å². The van der Waals surface area contributed by atoms with E-state index in [1.807, 2.05) is 37.3 Å². The van der Waals surface area contributed by atoms with Crippen LogP contribution in [0.5, 0.6) is 0 Å². The number of hydrogen-bond acceptors (Lipinski definition) is 3. The molecule has 0 amide bonds. The number of hydrogen-bond donors (Lipinski definition) is 0. The van der Waals surface area contributed by atoms with Gasteiger partial charge in [-0.15, -0.1) is 0 Å². The quantitative estimate of drug-likeness (QED) is 0.596. The fourth-order valence-corrected chi connectivity index (χ4v) is 1.39. The molecule has 0 unspecified atom stereocenters. The normalized spacial score (nSPS) is 10.9. The molecule has 0 bridgehead atoms. The van der Waals surface area contributed by atoms with E-state index in [-0.39, 0.29) is 5.88 Å². The zero-order valence-corrected chi connectivity index (χ0v) is 9.29. The molecule has 1 aromatic carbocycles. The lowest BCUT2D eigenvalue weighted by Crippen LogP contribution is -1.82. The van der Waals surface area contributed by atoms with Gasteiger partial charge in [-0.2, -0.15) is 0 Å². The Hall–Kier alpha value is -2.36. The van der Waals surface area contributed by atoms with Crippen molar-refractivity contribution in [3.63, 3.8) is 0 Å². The van der Waals surface area contributed by atoms with Gasteiger partial charge in [0.2, 0.25) is 0 Å². The summed E-state index contributed by atoms with van der Waals surface area (Å²) >= 11 is 0. The number of aryl methyl sites for hydroxylation is 1. The van der Waals surface area contributed by atoms with Crippen LogP contribution >= 0.6 is 0 Å². The molecule has 2 aromatic rings. The van der Waals surface area contributed by atoms with Crippen molar-refractivity contribution in [1.29, 1.82) is 0 Å². The second-order valence-electron chi connectivity index (χ2n) is 3.68. The summed E-state index contributed by atoms with van der Waals surface area (Å²) in [5.74, 6) is 0.228. The molecule has 0 atom stereocenters. The Bertz CT molecular complexity index is 552. The molecule has 17 heavy (non-hydrogen) atoms. The molecule has 0 aliphatic rings. The first-order chi connectivity index (χ1) is 8.15. The Morgan fingerprint density at radius 3 is 2.41 bits per heavy atom. The number of nitro groups is 1. The summed E-state index contributed by atoms with van der Waals surface area (Å²) in [6.07, 6.45) is 3.56. The van der Waals surface area contributed by atoms with Gasteiger partial charge in [0.25, 0.3) is 0 Å². The highest BCUT2D eigenvalue weighted by atomic mass is 16.6. The standard InChI is InChI=1S/C13H11NO3/c1-10-2-4-11(5-3-10)6-7-12-8-9-13(17-12)14(15)16/h2-9H,1H3/b7-6+. The first kappa shape index (κ1) is 11.1. The zero-order chi connectivity index (χ0) is 12.3. The summed E-state index contributed by atoms with van der Waals surface area (Å²) in [5.41, 5.74) is 2.21. The molecule has 0 aliphatic carbocycles. The van der Waals surface area contributed by atoms with Gasteiger partial charge in [-0.1, -0.05) is 35.9 Å². The number of rotatable bonds is 3. The fraction of sp³-hybridized carbons (Fsp3) is 0.0769. The highest BCUT2D eigenvalue weighted by Gasteiger charge is 2.09. The first-order valence-electron chi connectivity index (χ1n) is 5.14. The number of nitrogens with zero attached hydrogens (tertiary/aromatic N) is 1. The van der Waals surface area contributed by atoms with Crippen molar-refractivity contribution in [2.75, 3.05) is 0 Å². The summed E-state index contributed by atoms with van der Waals surface area (Å²) < 4.78 is 5.00. The van der Waals surface area contributed by atoms with Gasteiger partial charge in [0, 0.05) is 0 Å². The maximum atomic E-state index is 10.4. The van der Waals surface area contributed by atoms with Crippen molar-refractivity contribution < 1.29 is 9.34 Å². The van der Waals surface area contributed by atoms with E-state index in [4.69, 9.17) is 4.42 Å². The van der Waals surface area contributed by atoms with Crippen molar-refractivity contribution in [2.45, 2.75) is 6.92 Å². The Labute approximate surface area is 98.3 Å². The van der Waals surface area contributed by atoms with Crippen LogP contribution in [0.15, 0.2) is 40.8 Å². The predicted octanol–water partition coefficient (Wildman–Crippen LogP) is 3.67. The van der Waals surface area contributed by atoms with Crippen LogP contribution in [0.4, 0.5) is 5.88 Å². The second-order valence-corrected chi connectivity index (χ2v) is 3.68. The molecule has 0 saturated carbocycles. The van der Waals surface area contributed by atoms with Gasteiger partial charge < -0.3 is 4.42 Å². The Kier molecular flexibility index (Phi) is 3.05. The monoisotopic (exact) mass is 229 g/mol. The molecule has 0 saturated heterocycles. The Morgan fingerprint density at radius 1 is 1.12 bits per heavy atom. The number of furan rings is 1. The maximum Gasteiger partial charge on any atom is 0.433 e. The minimum absolute atomic E-state index is 0.242. The van der Waals surface area contributed by atoms with Gasteiger partial charge in [-0.05, 0) is 24.6 Å².